The summed E-state index contributed by atoms with van der Waals surface area (Å²) in [6.45, 7) is 2.92. The Morgan fingerprint density at radius 1 is 1.53 bits per heavy atom. The number of amides is 1. The molecule has 1 aromatic heterocycles. The van der Waals surface area contributed by atoms with Crippen LogP contribution in [-0.2, 0) is 4.79 Å². The summed E-state index contributed by atoms with van der Waals surface area (Å²) in [4.78, 5) is 17.2. The summed E-state index contributed by atoms with van der Waals surface area (Å²) in [6.07, 6.45) is 6.10. The molecular weight excluding hydrogens is 188 g/mol. The van der Waals surface area contributed by atoms with Gasteiger partial charge in [-0.1, -0.05) is 6.07 Å². The first-order valence-corrected chi connectivity index (χ1v) is 5.45. The van der Waals surface area contributed by atoms with Crippen LogP contribution in [0.15, 0.2) is 18.3 Å². The first-order chi connectivity index (χ1) is 7.33. The number of carbonyl (C=O) groups is 1. The van der Waals surface area contributed by atoms with Gasteiger partial charge in [-0.05, 0) is 37.8 Å². The number of nitrogens with zero attached hydrogens (tertiary/aromatic N) is 2. The molecule has 15 heavy (non-hydrogen) atoms. The Bertz CT molecular complexity index is 351. The van der Waals surface area contributed by atoms with E-state index in [1.807, 2.05) is 11.0 Å². The average molecular weight is 204 g/mol. The van der Waals surface area contributed by atoms with Crippen LogP contribution in [0.4, 0.5) is 0 Å². The molecule has 1 saturated heterocycles. The molecule has 1 aliphatic rings. The fourth-order valence-electron chi connectivity index (χ4n) is 2.22. The number of piperidine rings is 1. The third-order valence-electron chi connectivity index (χ3n) is 3.05. The maximum absolute atomic E-state index is 11.0. The van der Waals surface area contributed by atoms with Crippen LogP contribution in [0.2, 0.25) is 0 Å². The number of likely N-dealkylation sites (tertiary alicyclic amines) is 1. The molecule has 2 heterocycles. The summed E-state index contributed by atoms with van der Waals surface area (Å²) in [5.41, 5.74) is 2.24. The zero-order valence-corrected chi connectivity index (χ0v) is 9.02. The standard InChI is InChI=1S/C12H16N2O/c1-10-5-4-7-13-12(10)11-6-2-3-8-14(11)9-15/h4-5,7,9,11H,2-3,6,8H2,1H3. The molecule has 2 rings (SSSR count). The Morgan fingerprint density at radius 3 is 3.13 bits per heavy atom. The zero-order chi connectivity index (χ0) is 10.7. The van der Waals surface area contributed by atoms with Crippen LogP contribution in [0.1, 0.15) is 36.6 Å². The monoisotopic (exact) mass is 204 g/mol. The third-order valence-corrected chi connectivity index (χ3v) is 3.05. The van der Waals surface area contributed by atoms with Gasteiger partial charge < -0.3 is 4.90 Å². The van der Waals surface area contributed by atoms with Gasteiger partial charge in [0.15, 0.2) is 0 Å². The van der Waals surface area contributed by atoms with E-state index in [4.69, 9.17) is 0 Å². The molecule has 0 bridgehead atoms. The molecule has 3 heteroatoms. The molecule has 1 fully saturated rings. The minimum atomic E-state index is 0.192. The molecule has 1 amide bonds. The molecule has 0 spiro atoms. The van der Waals surface area contributed by atoms with Crippen LogP contribution in [-0.4, -0.2) is 22.8 Å². The Balaban J connectivity index is 2.28. The molecule has 1 unspecified atom stereocenters. The number of pyridine rings is 1. The molecule has 0 aromatic carbocycles. The molecule has 1 atom stereocenters. The lowest BCUT2D eigenvalue weighted by molar-refractivity contribution is -0.121. The fraction of sp³-hybridized carbons (Fsp3) is 0.500. The van der Waals surface area contributed by atoms with Crippen molar-refractivity contribution in [3.63, 3.8) is 0 Å². The number of hydrogen-bond acceptors (Lipinski definition) is 2. The van der Waals surface area contributed by atoms with Crippen molar-refractivity contribution in [2.24, 2.45) is 0 Å². The van der Waals surface area contributed by atoms with Gasteiger partial charge >= 0.3 is 0 Å². The van der Waals surface area contributed by atoms with Gasteiger partial charge in [0.1, 0.15) is 0 Å². The maximum atomic E-state index is 11.0. The van der Waals surface area contributed by atoms with Crippen LogP contribution in [0, 0.1) is 6.92 Å². The zero-order valence-electron chi connectivity index (χ0n) is 9.02. The molecule has 1 aromatic rings. The van der Waals surface area contributed by atoms with Crippen molar-refractivity contribution in [2.75, 3.05) is 6.54 Å². The summed E-state index contributed by atoms with van der Waals surface area (Å²) in [5, 5.41) is 0. The topological polar surface area (TPSA) is 33.2 Å². The molecule has 1 aliphatic heterocycles. The van der Waals surface area contributed by atoms with Crippen molar-refractivity contribution >= 4 is 6.41 Å². The highest BCUT2D eigenvalue weighted by molar-refractivity contribution is 5.49. The van der Waals surface area contributed by atoms with Gasteiger partial charge in [0.05, 0.1) is 11.7 Å². The number of aromatic nitrogens is 1. The van der Waals surface area contributed by atoms with E-state index < -0.39 is 0 Å². The Hall–Kier alpha value is -1.38. The van der Waals surface area contributed by atoms with Crippen molar-refractivity contribution in [1.29, 1.82) is 0 Å². The Kier molecular flexibility index (Phi) is 2.99. The van der Waals surface area contributed by atoms with E-state index in [-0.39, 0.29) is 6.04 Å². The van der Waals surface area contributed by atoms with Crippen molar-refractivity contribution in [1.82, 2.24) is 9.88 Å². The van der Waals surface area contributed by atoms with Crippen LogP contribution in [0.3, 0.4) is 0 Å². The van der Waals surface area contributed by atoms with Crippen molar-refractivity contribution in [3.8, 4) is 0 Å². The summed E-state index contributed by atoms with van der Waals surface area (Å²) in [6, 6.07) is 4.18. The van der Waals surface area contributed by atoms with Crippen LogP contribution < -0.4 is 0 Å². The molecule has 0 N–H and O–H groups in total. The lowest BCUT2D eigenvalue weighted by atomic mass is 9.97. The maximum Gasteiger partial charge on any atom is 0.210 e. The van der Waals surface area contributed by atoms with Crippen LogP contribution >= 0.6 is 0 Å². The SMILES string of the molecule is Cc1cccnc1C1CCCCN1C=O. The summed E-state index contributed by atoms with van der Waals surface area (Å²) in [5.74, 6) is 0. The van der Waals surface area contributed by atoms with Gasteiger partial charge in [-0.2, -0.15) is 0 Å². The normalized spacial score (nSPS) is 21.4. The molecule has 3 nitrogen and oxygen atoms in total. The second-order valence-electron chi connectivity index (χ2n) is 4.06. The van der Waals surface area contributed by atoms with Gasteiger partial charge in [0, 0.05) is 12.7 Å². The summed E-state index contributed by atoms with van der Waals surface area (Å²) < 4.78 is 0. The summed E-state index contributed by atoms with van der Waals surface area (Å²) >= 11 is 0. The molecule has 0 aliphatic carbocycles. The fourth-order valence-corrected chi connectivity index (χ4v) is 2.22. The first-order valence-electron chi connectivity index (χ1n) is 5.45. The number of hydrogen-bond donors (Lipinski definition) is 0. The van der Waals surface area contributed by atoms with E-state index in [2.05, 4.69) is 18.0 Å². The van der Waals surface area contributed by atoms with E-state index in [1.165, 1.54) is 12.0 Å². The molecular formula is C12H16N2O. The molecule has 0 saturated carbocycles. The van der Waals surface area contributed by atoms with Gasteiger partial charge in [-0.15, -0.1) is 0 Å². The van der Waals surface area contributed by atoms with E-state index in [9.17, 15) is 4.79 Å². The second-order valence-corrected chi connectivity index (χ2v) is 4.06. The highest BCUT2D eigenvalue weighted by Gasteiger charge is 2.24. The van der Waals surface area contributed by atoms with Crippen molar-refractivity contribution in [3.05, 3.63) is 29.6 Å². The smallest absolute Gasteiger partial charge is 0.210 e. The highest BCUT2D eigenvalue weighted by atomic mass is 16.1. The number of aryl methyl sites for hydroxylation is 1. The lowest BCUT2D eigenvalue weighted by Crippen LogP contribution is -2.33. The van der Waals surface area contributed by atoms with E-state index in [0.29, 0.717) is 0 Å². The van der Waals surface area contributed by atoms with Gasteiger partial charge in [-0.25, -0.2) is 0 Å². The van der Waals surface area contributed by atoms with Crippen molar-refractivity contribution < 1.29 is 4.79 Å². The Labute approximate surface area is 90.1 Å². The lowest BCUT2D eigenvalue weighted by Gasteiger charge is -2.32. The van der Waals surface area contributed by atoms with E-state index >= 15 is 0 Å². The van der Waals surface area contributed by atoms with E-state index in [1.54, 1.807) is 6.20 Å². The summed E-state index contributed by atoms with van der Waals surface area (Å²) in [7, 11) is 0. The number of carbonyl (C=O) groups excluding carboxylic acids is 1. The second kappa shape index (κ2) is 4.43. The molecule has 0 radical (unpaired) electrons. The predicted molar refractivity (Wildman–Crippen MR) is 58.3 cm³/mol. The minimum absolute atomic E-state index is 0.192. The van der Waals surface area contributed by atoms with Gasteiger partial charge in [0.2, 0.25) is 6.41 Å². The van der Waals surface area contributed by atoms with Crippen molar-refractivity contribution in [2.45, 2.75) is 32.2 Å². The third kappa shape index (κ3) is 2.01. The predicted octanol–water partition coefficient (Wildman–Crippen LogP) is 2.07. The average Bonchev–Trinajstić information content (AvgIpc) is 2.30. The largest absolute Gasteiger partial charge is 0.337 e. The van der Waals surface area contributed by atoms with Gasteiger partial charge in [0.25, 0.3) is 0 Å². The van der Waals surface area contributed by atoms with Crippen LogP contribution in [0.25, 0.3) is 0 Å². The quantitative estimate of drug-likeness (QED) is 0.691. The Morgan fingerprint density at radius 2 is 2.40 bits per heavy atom. The minimum Gasteiger partial charge on any atom is -0.337 e. The number of rotatable bonds is 2. The van der Waals surface area contributed by atoms with Gasteiger partial charge in [-0.3, -0.25) is 9.78 Å². The first kappa shape index (κ1) is 10.1. The van der Waals surface area contributed by atoms with Crippen LogP contribution in [0.5, 0.6) is 0 Å². The highest BCUT2D eigenvalue weighted by Crippen LogP contribution is 2.29. The van der Waals surface area contributed by atoms with E-state index in [0.717, 1.165) is 31.5 Å². The molecule has 80 valence electrons.